The maximum absolute atomic E-state index is 13.0. The molecule has 0 fully saturated rings. The van der Waals surface area contributed by atoms with Gasteiger partial charge in [0, 0.05) is 11.6 Å². The molecule has 3 aromatic rings. The van der Waals surface area contributed by atoms with Gasteiger partial charge in [-0.3, -0.25) is 10.1 Å². The van der Waals surface area contributed by atoms with E-state index in [4.69, 9.17) is 0 Å². The first-order chi connectivity index (χ1) is 11.5. The van der Waals surface area contributed by atoms with E-state index in [-0.39, 0.29) is 12.2 Å². The summed E-state index contributed by atoms with van der Waals surface area (Å²) in [6.07, 6.45) is 0. The van der Waals surface area contributed by atoms with Crippen molar-refractivity contribution in [3.63, 3.8) is 0 Å². The molecule has 0 radical (unpaired) electrons. The average Bonchev–Trinajstić information content (AvgIpc) is 2.89. The second kappa shape index (κ2) is 6.03. The summed E-state index contributed by atoms with van der Waals surface area (Å²) in [4.78, 5) is 23.6. The molecule has 122 valence electrons. The maximum Gasteiger partial charge on any atom is 0.384 e. The number of hydrogen-bond acceptors (Lipinski definition) is 5. The van der Waals surface area contributed by atoms with Gasteiger partial charge in [0.05, 0.1) is 17.2 Å². The molecule has 0 aliphatic rings. The minimum absolute atomic E-state index is 0.0104. The molecule has 3 rings (SSSR count). The number of aromatic nitrogens is 4. The highest BCUT2D eigenvalue weighted by Gasteiger charge is 2.13. The summed E-state index contributed by atoms with van der Waals surface area (Å²) in [7, 11) is 0. The number of benzene rings is 2. The fourth-order valence-electron chi connectivity index (χ4n) is 2.36. The minimum Gasteiger partial charge on any atom is -0.258 e. The minimum atomic E-state index is -0.574. The Labute approximate surface area is 134 Å². The largest absolute Gasteiger partial charge is 0.384 e. The molecular formula is C15H12FN5O3. The molecule has 0 atom stereocenters. The summed E-state index contributed by atoms with van der Waals surface area (Å²) in [6, 6.07) is 10.0. The van der Waals surface area contributed by atoms with Gasteiger partial charge >= 0.3 is 5.69 Å². The smallest absolute Gasteiger partial charge is 0.258 e. The first-order valence-electron chi connectivity index (χ1n) is 6.98. The third kappa shape index (κ3) is 2.91. The number of nitro groups is 1. The quantitative estimate of drug-likeness (QED) is 0.537. The zero-order chi connectivity index (χ0) is 17.3. The molecule has 0 spiro atoms. The number of tetrazole rings is 1. The van der Waals surface area contributed by atoms with Gasteiger partial charge in [-0.2, -0.15) is 0 Å². The van der Waals surface area contributed by atoms with Crippen LogP contribution in [0.5, 0.6) is 0 Å². The fourth-order valence-corrected chi connectivity index (χ4v) is 2.36. The van der Waals surface area contributed by atoms with Gasteiger partial charge in [0.2, 0.25) is 0 Å². The third-order valence-corrected chi connectivity index (χ3v) is 3.51. The van der Waals surface area contributed by atoms with Crippen molar-refractivity contribution in [2.75, 3.05) is 0 Å². The van der Waals surface area contributed by atoms with Gasteiger partial charge in [-0.1, -0.05) is 11.2 Å². The Hall–Kier alpha value is -3.36. The molecule has 1 aromatic heterocycles. The molecule has 0 saturated carbocycles. The number of aryl methyl sites for hydroxylation is 1. The molecule has 0 aliphatic heterocycles. The van der Waals surface area contributed by atoms with Crippen LogP contribution >= 0.6 is 0 Å². The Kier molecular flexibility index (Phi) is 3.90. The standard InChI is InChI=1S/C15H12FN5O3/c1-10-8-11(2-7-14(10)21(23)24)9-19-15(22)17-18-20(19)13-5-3-12(16)4-6-13/h2-8H,9H2,1H3. The number of nitrogens with zero attached hydrogens (tertiary/aromatic N) is 5. The molecule has 1 heterocycles. The maximum atomic E-state index is 13.0. The number of hydrogen-bond donors (Lipinski definition) is 0. The van der Waals surface area contributed by atoms with Crippen LogP contribution in [0.1, 0.15) is 11.1 Å². The lowest BCUT2D eigenvalue weighted by Gasteiger charge is -2.09. The van der Waals surface area contributed by atoms with Crippen LogP contribution in [0, 0.1) is 22.9 Å². The van der Waals surface area contributed by atoms with Crippen LogP contribution in [0.3, 0.4) is 0 Å². The van der Waals surface area contributed by atoms with Crippen LogP contribution in [0.25, 0.3) is 5.69 Å². The van der Waals surface area contributed by atoms with Crippen LogP contribution < -0.4 is 5.69 Å². The van der Waals surface area contributed by atoms with Crippen molar-refractivity contribution in [3.8, 4) is 5.69 Å². The summed E-state index contributed by atoms with van der Waals surface area (Å²) in [5, 5.41) is 18.1. The molecule has 2 aromatic carbocycles. The molecule has 9 heteroatoms. The van der Waals surface area contributed by atoms with Crippen molar-refractivity contribution in [1.29, 1.82) is 0 Å². The Bertz CT molecular complexity index is 962. The molecule has 24 heavy (non-hydrogen) atoms. The highest BCUT2D eigenvalue weighted by atomic mass is 19.1. The lowest BCUT2D eigenvalue weighted by atomic mass is 10.1. The monoisotopic (exact) mass is 329 g/mol. The molecule has 0 unspecified atom stereocenters. The summed E-state index contributed by atoms with van der Waals surface area (Å²) in [6.45, 7) is 1.75. The molecule has 0 saturated heterocycles. The summed E-state index contributed by atoms with van der Waals surface area (Å²) < 4.78 is 14.3. The topological polar surface area (TPSA) is 95.8 Å². The first kappa shape index (κ1) is 15.5. The van der Waals surface area contributed by atoms with E-state index < -0.39 is 16.4 Å². The Morgan fingerprint density at radius 3 is 2.54 bits per heavy atom. The van der Waals surface area contributed by atoms with Crippen molar-refractivity contribution in [2.24, 2.45) is 0 Å². The normalized spacial score (nSPS) is 10.8. The summed E-state index contributed by atoms with van der Waals surface area (Å²) >= 11 is 0. The van der Waals surface area contributed by atoms with E-state index in [1.165, 1.54) is 39.8 Å². The van der Waals surface area contributed by atoms with Crippen molar-refractivity contribution in [3.05, 3.63) is 80.0 Å². The second-order valence-electron chi connectivity index (χ2n) is 5.17. The van der Waals surface area contributed by atoms with Gasteiger partial charge in [-0.25, -0.2) is 13.9 Å². The van der Waals surface area contributed by atoms with E-state index in [1.54, 1.807) is 19.1 Å². The summed E-state index contributed by atoms with van der Waals surface area (Å²) in [5.74, 6) is -0.404. The zero-order valence-corrected chi connectivity index (χ0v) is 12.6. The highest BCUT2D eigenvalue weighted by molar-refractivity contribution is 5.41. The van der Waals surface area contributed by atoms with Gasteiger partial charge in [0.25, 0.3) is 5.69 Å². The molecular weight excluding hydrogens is 317 g/mol. The fraction of sp³-hybridized carbons (Fsp3) is 0.133. The lowest BCUT2D eigenvalue weighted by molar-refractivity contribution is -0.385. The predicted molar refractivity (Wildman–Crippen MR) is 82.5 cm³/mol. The number of rotatable bonds is 4. The van der Waals surface area contributed by atoms with Crippen molar-refractivity contribution in [2.45, 2.75) is 13.5 Å². The van der Waals surface area contributed by atoms with Gasteiger partial charge < -0.3 is 0 Å². The van der Waals surface area contributed by atoms with Crippen LogP contribution in [0.4, 0.5) is 10.1 Å². The summed E-state index contributed by atoms with van der Waals surface area (Å²) in [5.41, 5.74) is 1.09. The Morgan fingerprint density at radius 1 is 1.21 bits per heavy atom. The zero-order valence-electron chi connectivity index (χ0n) is 12.6. The second-order valence-corrected chi connectivity index (χ2v) is 5.17. The van der Waals surface area contributed by atoms with Crippen molar-refractivity contribution in [1.82, 2.24) is 19.8 Å². The van der Waals surface area contributed by atoms with Crippen molar-refractivity contribution >= 4 is 5.69 Å². The third-order valence-electron chi connectivity index (χ3n) is 3.51. The Morgan fingerprint density at radius 2 is 1.92 bits per heavy atom. The van der Waals surface area contributed by atoms with Crippen LogP contribution in [0.2, 0.25) is 0 Å². The van der Waals surface area contributed by atoms with E-state index in [9.17, 15) is 19.3 Å². The van der Waals surface area contributed by atoms with Crippen LogP contribution in [-0.2, 0) is 6.54 Å². The molecule has 0 amide bonds. The van der Waals surface area contributed by atoms with E-state index in [2.05, 4.69) is 10.3 Å². The number of nitro benzene ring substituents is 1. The molecule has 0 bridgehead atoms. The first-order valence-corrected chi connectivity index (χ1v) is 6.98. The SMILES string of the molecule is Cc1cc(Cn2c(=O)nnn2-c2ccc(F)cc2)ccc1[N+](=O)[O-]. The van der Waals surface area contributed by atoms with Crippen molar-refractivity contribution < 1.29 is 9.31 Å². The highest BCUT2D eigenvalue weighted by Crippen LogP contribution is 2.19. The lowest BCUT2D eigenvalue weighted by Crippen LogP contribution is -2.24. The van der Waals surface area contributed by atoms with Gasteiger partial charge in [-0.15, -0.1) is 4.80 Å². The average molecular weight is 329 g/mol. The molecule has 0 N–H and O–H groups in total. The van der Waals surface area contributed by atoms with E-state index in [0.717, 1.165) is 0 Å². The Balaban J connectivity index is 1.98. The molecule has 0 aliphatic carbocycles. The van der Waals surface area contributed by atoms with Gasteiger partial charge in [-0.05, 0) is 48.0 Å². The van der Waals surface area contributed by atoms with Gasteiger partial charge in [0.1, 0.15) is 5.82 Å². The van der Waals surface area contributed by atoms with E-state index >= 15 is 0 Å². The van der Waals surface area contributed by atoms with E-state index in [1.807, 2.05) is 0 Å². The van der Waals surface area contributed by atoms with Gasteiger partial charge in [0.15, 0.2) is 0 Å². The molecule has 8 nitrogen and oxygen atoms in total. The number of halogens is 1. The van der Waals surface area contributed by atoms with Crippen LogP contribution in [-0.4, -0.2) is 24.7 Å². The predicted octanol–water partition coefficient (Wildman–Crippen LogP) is 1.83. The van der Waals surface area contributed by atoms with Crippen LogP contribution in [0.15, 0.2) is 47.3 Å². The van der Waals surface area contributed by atoms with E-state index in [0.29, 0.717) is 16.8 Å².